The van der Waals surface area contributed by atoms with Gasteiger partial charge in [-0.2, -0.15) is 0 Å². The molecule has 0 aromatic heterocycles. The summed E-state index contributed by atoms with van der Waals surface area (Å²) in [5.41, 5.74) is 9.95. The molecule has 4 aromatic carbocycles. The normalized spacial score (nSPS) is 18.0. The molecule has 1 aliphatic heterocycles. The van der Waals surface area contributed by atoms with Crippen molar-refractivity contribution in [2.75, 3.05) is 19.8 Å². The van der Waals surface area contributed by atoms with Gasteiger partial charge in [-0.05, 0) is 70.7 Å². The van der Waals surface area contributed by atoms with E-state index in [2.05, 4.69) is 104 Å². The maximum atomic E-state index is 13.4. The molecule has 0 bridgehead atoms. The predicted molar refractivity (Wildman–Crippen MR) is 164 cm³/mol. The molecule has 1 saturated heterocycles. The van der Waals surface area contributed by atoms with E-state index in [0.717, 1.165) is 25.7 Å². The minimum absolute atomic E-state index is 0.0865. The van der Waals surface area contributed by atoms with Crippen molar-refractivity contribution < 1.29 is 14.3 Å². The lowest BCUT2D eigenvalue weighted by atomic mass is 9.57. The van der Waals surface area contributed by atoms with Gasteiger partial charge in [-0.25, -0.2) is 0 Å². The van der Waals surface area contributed by atoms with E-state index in [1.165, 1.54) is 44.5 Å². The molecule has 1 heterocycles. The molecule has 0 radical (unpaired) electrons. The number of fused-ring (bicyclic) bond motifs is 6. The van der Waals surface area contributed by atoms with Gasteiger partial charge in [0.15, 0.2) is 0 Å². The van der Waals surface area contributed by atoms with Crippen molar-refractivity contribution in [3.05, 3.63) is 119 Å². The molecular formula is C38H38O3. The lowest BCUT2D eigenvalue weighted by molar-refractivity contribution is -0.150. The minimum Gasteiger partial charge on any atom is -0.466 e. The van der Waals surface area contributed by atoms with E-state index in [1.54, 1.807) is 0 Å². The number of benzene rings is 4. The van der Waals surface area contributed by atoms with Crippen molar-refractivity contribution in [1.29, 1.82) is 0 Å². The molecule has 3 aliphatic rings. The monoisotopic (exact) mass is 542 g/mol. The fourth-order valence-corrected chi connectivity index (χ4v) is 8.65. The molecule has 7 rings (SSSR count). The van der Waals surface area contributed by atoms with Gasteiger partial charge < -0.3 is 9.47 Å². The van der Waals surface area contributed by atoms with Gasteiger partial charge in [-0.15, -0.1) is 0 Å². The van der Waals surface area contributed by atoms with Crippen LogP contribution in [0.5, 0.6) is 0 Å². The van der Waals surface area contributed by atoms with E-state index >= 15 is 0 Å². The van der Waals surface area contributed by atoms with Gasteiger partial charge in [0.1, 0.15) is 0 Å². The zero-order valence-electron chi connectivity index (χ0n) is 24.1. The highest BCUT2D eigenvalue weighted by atomic mass is 16.5. The second kappa shape index (κ2) is 9.99. The van der Waals surface area contributed by atoms with Crippen LogP contribution in [0.2, 0.25) is 0 Å². The third-order valence-electron chi connectivity index (χ3n) is 9.95. The SMILES string of the molecule is CCCC1(CC2(CC3(CC(=O)OCC)c4ccccc4-c4ccccc43)COC2)c2ccccc2-c2ccccc21. The van der Waals surface area contributed by atoms with Gasteiger partial charge in [0.05, 0.1) is 26.2 Å². The predicted octanol–water partition coefficient (Wildman–Crippen LogP) is 8.47. The molecule has 0 amide bonds. The Bertz CT molecular complexity index is 1520. The lowest BCUT2D eigenvalue weighted by Crippen LogP contribution is -2.52. The Kier molecular flexibility index (Phi) is 6.39. The molecule has 4 aromatic rings. The Morgan fingerprint density at radius 2 is 1.07 bits per heavy atom. The van der Waals surface area contributed by atoms with Crippen LogP contribution in [-0.2, 0) is 25.1 Å². The Morgan fingerprint density at radius 3 is 1.46 bits per heavy atom. The zero-order chi connectivity index (χ0) is 28.1. The minimum atomic E-state index is -0.464. The summed E-state index contributed by atoms with van der Waals surface area (Å²) in [6, 6.07) is 35.4. The lowest BCUT2D eigenvalue weighted by Gasteiger charge is -2.52. The summed E-state index contributed by atoms with van der Waals surface area (Å²) in [7, 11) is 0. The topological polar surface area (TPSA) is 35.5 Å². The van der Waals surface area contributed by atoms with E-state index in [4.69, 9.17) is 9.47 Å². The van der Waals surface area contributed by atoms with Crippen LogP contribution >= 0.6 is 0 Å². The number of hydrogen-bond acceptors (Lipinski definition) is 3. The molecule has 0 N–H and O–H groups in total. The van der Waals surface area contributed by atoms with E-state index in [1.807, 2.05) is 6.92 Å². The van der Waals surface area contributed by atoms with Crippen LogP contribution in [0, 0.1) is 5.41 Å². The van der Waals surface area contributed by atoms with Crippen molar-refractivity contribution >= 4 is 5.97 Å². The van der Waals surface area contributed by atoms with Crippen LogP contribution < -0.4 is 0 Å². The highest BCUT2D eigenvalue weighted by molar-refractivity contribution is 5.85. The molecule has 0 atom stereocenters. The van der Waals surface area contributed by atoms with Crippen molar-refractivity contribution in [3.8, 4) is 22.3 Å². The number of rotatable bonds is 9. The van der Waals surface area contributed by atoms with Crippen LogP contribution in [0.1, 0.15) is 68.2 Å². The first-order valence-electron chi connectivity index (χ1n) is 15.2. The molecule has 2 aliphatic carbocycles. The molecule has 0 spiro atoms. The highest BCUT2D eigenvalue weighted by Gasteiger charge is 2.56. The van der Waals surface area contributed by atoms with E-state index in [0.29, 0.717) is 26.2 Å². The van der Waals surface area contributed by atoms with Crippen molar-refractivity contribution in [1.82, 2.24) is 0 Å². The van der Waals surface area contributed by atoms with Crippen LogP contribution in [0.3, 0.4) is 0 Å². The van der Waals surface area contributed by atoms with E-state index in [-0.39, 0.29) is 16.8 Å². The third-order valence-corrected chi connectivity index (χ3v) is 9.95. The van der Waals surface area contributed by atoms with E-state index < -0.39 is 5.41 Å². The first-order chi connectivity index (χ1) is 20.1. The number of hydrogen-bond donors (Lipinski definition) is 0. The fourth-order valence-electron chi connectivity index (χ4n) is 8.65. The summed E-state index contributed by atoms with van der Waals surface area (Å²) in [6.45, 7) is 6.00. The molecular weight excluding hydrogens is 504 g/mol. The third kappa shape index (κ3) is 3.93. The van der Waals surface area contributed by atoms with Crippen LogP contribution in [0.15, 0.2) is 97.1 Å². The van der Waals surface area contributed by atoms with Gasteiger partial charge >= 0.3 is 5.97 Å². The Labute approximate surface area is 243 Å². The highest BCUT2D eigenvalue weighted by Crippen LogP contribution is 2.62. The zero-order valence-corrected chi connectivity index (χ0v) is 24.1. The molecule has 3 heteroatoms. The van der Waals surface area contributed by atoms with Gasteiger partial charge in [0.2, 0.25) is 0 Å². The fraction of sp³-hybridized carbons (Fsp3) is 0.342. The van der Waals surface area contributed by atoms with Crippen LogP contribution in [0.25, 0.3) is 22.3 Å². The van der Waals surface area contributed by atoms with E-state index in [9.17, 15) is 4.79 Å². The molecule has 41 heavy (non-hydrogen) atoms. The quantitative estimate of drug-likeness (QED) is 0.199. The Morgan fingerprint density at radius 1 is 0.659 bits per heavy atom. The van der Waals surface area contributed by atoms with Gasteiger partial charge in [-0.1, -0.05) is 110 Å². The van der Waals surface area contributed by atoms with Crippen molar-refractivity contribution in [2.45, 2.75) is 56.8 Å². The summed E-state index contributed by atoms with van der Waals surface area (Å²) in [5, 5.41) is 0. The van der Waals surface area contributed by atoms with Gasteiger partial charge in [0, 0.05) is 16.2 Å². The first-order valence-corrected chi connectivity index (χ1v) is 15.2. The maximum absolute atomic E-state index is 13.4. The summed E-state index contributed by atoms with van der Waals surface area (Å²) in [4.78, 5) is 13.4. The van der Waals surface area contributed by atoms with Crippen LogP contribution in [-0.4, -0.2) is 25.8 Å². The summed E-state index contributed by atoms with van der Waals surface area (Å²) in [6.07, 6.45) is 4.37. The number of carbonyl (C=O) groups excluding carboxylic acids is 1. The molecule has 0 unspecified atom stereocenters. The standard InChI is InChI=1S/C38H38O3/c1-3-21-37(31-17-9-5-13-27(31)28-14-6-10-18-32(28)37)23-36(25-40-26-36)24-38(22-35(39)41-4-2)33-19-11-7-15-29(33)30-16-8-12-20-34(30)38/h5-20H,3-4,21-26H2,1-2H3. The molecule has 1 fully saturated rings. The van der Waals surface area contributed by atoms with Crippen molar-refractivity contribution in [2.24, 2.45) is 5.41 Å². The Balaban J connectivity index is 1.39. The molecule has 3 nitrogen and oxygen atoms in total. The smallest absolute Gasteiger partial charge is 0.307 e. The average Bonchev–Trinajstić information content (AvgIpc) is 3.40. The van der Waals surface area contributed by atoms with Crippen LogP contribution in [0.4, 0.5) is 0 Å². The second-order valence-electron chi connectivity index (χ2n) is 12.4. The molecule has 0 saturated carbocycles. The molecule has 208 valence electrons. The van der Waals surface area contributed by atoms with Gasteiger partial charge in [-0.3, -0.25) is 4.79 Å². The Hall–Kier alpha value is -3.69. The summed E-state index contributed by atoms with van der Waals surface area (Å²) in [5.74, 6) is -0.130. The number of ether oxygens (including phenoxy) is 2. The summed E-state index contributed by atoms with van der Waals surface area (Å²) < 4.78 is 11.8. The number of carbonyl (C=O) groups is 1. The second-order valence-corrected chi connectivity index (χ2v) is 12.4. The average molecular weight is 543 g/mol. The van der Waals surface area contributed by atoms with Crippen molar-refractivity contribution in [3.63, 3.8) is 0 Å². The number of esters is 1. The summed E-state index contributed by atoms with van der Waals surface area (Å²) >= 11 is 0. The largest absolute Gasteiger partial charge is 0.466 e. The van der Waals surface area contributed by atoms with Gasteiger partial charge in [0.25, 0.3) is 0 Å². The first kappa shape index (κ1) is 26.2. The maximum Gasteiger partial charge on any atom is 0.307 e.